The maximum Gasteiger partial charge on any atom is 0.193 e. The van der Waals surface area contributed by atoms with Crippen molar-refractivity contribution in [1.29, 1.82) is 0 Å². The zero-order valence-corrected chi connectivity index (χ0v) is 14.8. The molecule has 1 heterocycles. The summed E-state index contributed by atoms with van der Waals surface area (Å²) in [5, 5.41) is 3.16. The van der Waals surface area contributed by atoms with Crippen molar-refractivity contribution in [2.24, 2.45) is 10.7 Å². The van der Waals surface area contributed by atoms with Crippen molar-refractivity contribution < 1.29 is 9.47 Å². The predicted molar refractivity (Wildman–Crippen MR) is 102 cm³/mol. The van der Waals surface area contributed by atoms with Gasteiger partial charge in [-0.05, 0) is 29.7 Å². The van der Waals surface area contributed by atoms with Crippen molar-refractivity contribution >= 4 is 11.6 Å². The van der Waals surface area contributed by atoms with Crippen LogP contribution in [0.1, 0.15) is 37.3 Å². The number of nitrogens with two attached hydrogens (primary N) is 1. The quantitative estimate of drug-likeness (QED) is 0.655. The zero-order chi connectivity index (χ0) is 17.6. The summed E-state index contributed by atoms with van der Waals surface area (Å²) in [5.74, 6) is 2.41. The van der Waals surface area contributed by atoms with Gasteiger partial charge < -0.3 is 20.5 Å². The van der Waals surface area contributed by atoms with E-state index in [-0.39, 0.29) is 0 Å². The number of guanidine groups is 1. The van der Waals surface area contributed by atoms with Gasteiger partial charge in [0.25, 0.3) is 0 Å². The molecule has 0 aliphatic carbocycles. The molecule has 1 aliphatic rings. The van der Waals surface area contributed by atoms with Crippen LogP contribution < -0.4 is 20.5 Å². The van der Waals surface area contributed by atoms with Crippen LogP contribution in [0.3, 0.4) is 0 Å². The Bertz CT molecular complexity index is 756. The number of anilines is 1. The molecule has 5 nitrogen and oxygen atoms in total. The minimum Gasteiger partial charge on any atom is -0.490 e. The normalized spacial score (nSPS) is 14.3. The minimum absolute atomic E-state index is 0.382. The number of benzene rings is 2. The lowest BCUT2D eigenvalue weighted by Crippen LogP contribution is -2.22. The molecule has 0 fully saturated rings. The molecule has 0 aromatic heterocycles. The SMILES string of the molecule is CC(C)c1cccc(NC(N)=NCc2cccc3c2OCCCO3)c1. The molecule has 2 aromatic rings. The maximum absolute atomic E-state index is 6.05. The maximum atomic E-state index is 6.05. The average Bonchev–Trinajstić information content (AvgIpc) is 2.86. The molecule has 0 saturated heterocycles. The second kappa shape index (κ2) is 7.92. The summed E-state index contributed by atoms with van der Waals surface area (Å²) < 4.78 is 11.5. The van der Waals surface area contributed by atoms with Crippen molar-refractivity contribution in [1.82, 2.24) is 0 Å². The van der Waals surface area contributed by atoms with Gasteiger partial charge in [-0.1, -0.05) is 38.1 Å². The van der Waals surface area contributed by atoms with Gasteiger partial charge >= 0.3 is 0 Å². The molecule has 0 spiro atoms. The molecule has 0 bridgehead atoms. The smallest absolute Gasteiger partial charge is 0.193 e. The van der Waals surface area contributed by atoms with Crippen LogP contribution in [0.25, 0.3) is 0 Å². The Morgan fingerprint density at radius 2 is 1.96 bits per heavy atom. The van der Waals surface area contributed by atoms with E-state index >= 15 is 0 Å². The van der Waals surface area contributed by atoms with E-state index in [0.29, 0.717) is 31.6 Å². The van der Waals surface area contributed by atoms with Crippen molar-refractivity contribution in [3.05, 3.63) is 53.6 Å². The number of rotatable bonds is 4. The first kappa shape index (κ1) is 17.1. The Kier molecular flexibility index (Phi) is 5.43. The number of hydrogen-bond acceptors (Lipinski definition) is 3. The monoisotopic (exact) mass is 339 g/mol. The van der Waals surface area contributed by atoms with Crippen molar-refractivity contribution in [3.63, 3.8) is 0 Å². The highest BCUT2D eigenvalue weighted by atomic mass is 16.5. The summed E-state index contributed by atoms with van der Waals surface area (Å²) in [4.78, 5) is 4.45. The Hall–Kier alpha value is -2.69. The molecule has 0 amide bonds. The average molecular weight is 339 g/mol. The lowest BCUT2D eigenvalue weighted by atomic mass is 10.0. The summed E-state index contributed by atoms with van der Waals surface area (Å²) in [5.41, 5.74) is 9.23. The van der Waals surface area contributed by atoms with Crippen molar-refractivity contribution in [3.8, 4) is 11.5 Å². The fourth-order valence-corrected chi connectivity index (χ4v) is 2.71. The van der Waals surface area contributed by atoms with Gasteiger partial charge in [-0.2, -0.15) is 0 Å². The molecule has 3 rings (SSSR count). The summed E-state index contributed by atoms with van der Waals surface area (Å²) >= 11 is 0. The number of hydrogen-bond donors (Lipinski definition) is 2. The van der Waals surface area contributed by atoms with Crippen LogP contribution in [0.5, 0.6) is 11.5 Å². The van der Waals surface area contributed by atoms with Crippen LogP contribution in [0, 0.1) is 0 Å². The van der Waals surface area contributed by atoms with Gasteiger partial charge in [0, 0.05) is 17.7 Å². The van der Waals surface area contributed by atoms with E-state index in [1.165, 1.54) is 5.56 Å². The second-order valence-corrected chi connectivity index (χ2v) is 6.40. The molecule has 0 unspecified atom stereocenters. The number of nitrogens with one attached hydrogen (secondary N) is 1. The highest BCUT2D eigenvalue weighted by Crippen LogP contribution is 2.33. The third-order valence-corrected chi connectivity index (χ3v) is 4.10. The lowest BCUT2D eigenvalue weighted by molar-refractivity contribution is 0.296. The third-order valence-electron chi connectivity index (χ3n) is 4.10. The van der Waals surface area contributed by atoms with Crippen LogP contribution >= 0.6 is 0 Å². The molecular formula is C20H25N3O2. The van der Waals surface area contributed by atoms with E-state index in [1.54, 1.807) is 0 Å². The van der Waals surface area contributed by atoms with Crippen LogP contribution in [0.15, 0.2) is 47.5 Å². The molecular weight excluding hydrogens is 314 g/mol. The number of para-hydroxylation sites is 1. The minimum atomic E-state index is 0.382. The first-order chi connectivity index (χ1) is 12.1. The molecule has 5 heteroatoms. The van der Waals surface area contributed by atoms with Crippen LogP contribution in [0.2, 0.25) is 0 Å². The van der Waals surface area contributed by atoms with Gasteiger partial charge in [0.15, 0.2) is 17.5 Å². The molecule has 0 saturated carbocycles. The number of aliphatic imine (C=N–C) groups is 1. The summed E-state index contributed by atoms with van der Waals surface area (Å²) in [6.07, 6.45) is 0.882. The van der Waals surface area contributed by atoms with Crippen LogP contribution in [0.4, 0.5) is 5.69 Å². The second-order valence-electron chi connectivity index (χ2n) is 6.40. The van der Waals surface area contributed by atoms with Gasteiger partial charge in [-0.3, -0.25) is 0 Å². The number of fused-ring (bicyclic) bond motifs is 1. The van der Waals surface area contributed by atoms with E-state index < -0.39 is 0 Å². The van der Waals surface area contributed by atoms with Crippen molar-refractivity contribution in [2.45, 2.75) is 32.7 Å². The Morgan fingerprint density at radius 3 is 2.80 bits per heavy atom. The summed E-state index contributed by atoms with van der Waals surface area (Å²) in [6.45, 7) is 6.10. The molecule has 1 aliphatic heterocycles. The Labute approximate surface area is 148 Å². The van der Waals surface area contributed by atoms with E-state index in [4.69, 9.17) is 15.2 Å². The van der Waals surface area contributed by atoms with Gasteiger partial charge in [-0.15, -0.1) is 0 Å². The first-order valence-corrected chi connectivity index (χ1v) is 8.68. The van der Waals surface area contributed by atoms with Gasteiger partial charge in [0.1, 0.15) is 0 Å². The topological polar surface area (TPSA) is 68.9 Å². The van der Waals surface area contributed by atoms with Crippen molar-refractivity contribution in [2.75, 3.05) is 18.5 Å². The zero-order valence-electron chi connectivity index (χ0n) is 14.8. The molecule has 0 radical (unpaired) electrons. The molecule has 132 valence electrons. The summed E-state index contributed by atoms with van der Waals surface area (Å²) in [7, 11) is 0. The predicted octanol–water partition coefficient (Wildman–Crippen LogP) is 3.90. The van der Waals surface area contributed by atoms with E-state index in [2.05, 4.69) is 36.3 Å². The highest BCUT2D eigenvalue weighted by molar-refractivity contribution is 5.92. The fourth-order valence-electron chi connectivity index (χ4n) is 2.71. The van der Waals surface area contributed by atoms with Crippen LogP contribution in [-0.2, 0) is 6.54 Å². The molecule has 0 atom stereocenters. The highest BCUT2D eigenvalue weighted by Gasteiger charge is 2.14. The molecule has 25 heavy (non-hydrogen) atoms. The Morgan fingerprint density at radius 1 is 1.16 bits per heavy atom. The van der Waals surface area contributed by atoms with Gasteiger partial charge in [-0.25, -0.2) is 4.99 Å². The largest absolute Gasteiger partial charge is 0.490 e. The van der Waals surface area contributed by atoms with Gasteiger partial charge in [0.2, 0.25) is 0 Å². The molecule has 3 N–H and O–H groups in total. The molecule has 2 aromatic carbocycles. The van der Waals surface area contributed by atoms with Crippen LogP contribution in [-0.4, -0.2) is 19.2 Å². The first-order valence-electron chi connectivity index (χ1n) is 8.68. The number of ether oxygens (including phenoxy) is 2. The summed E-state index contributed by atoms with van der Waals surface area (Å²) in [6, 6.07) is 14.1. The Balaban J connectivity index is 1.71. The number of nitrogens with zero attached hydrogens (tertiary/aromatic N) is 1. The van der Waals surface area contributed by atoms with Gasteiger partial charge in [0.05, 0.1) is 19.8 Å². The van der Waals surface area contributed by atoms with E-state index in [0.717, 1.165) is 29.2 Å². The van der Waals surface area contributed by atoms with E-state index in [9.17, 15) is 0 Å². The standard InChI is InChI=1S/C20H25N3O2/c1-14(2)15-6-3-8-17(12-15)23-20(21)22-13-16-7-4-9-18-19(16)25-11-5-10-24-18/h3-4,6-9,12,14H,5,10-11,13H2,1-2H3,(H3,21,22,23). The van der Waals surface area contributed by atoms with E-state index in [1.807, 2.05) is 30.3 Å². The fraction of sp³-hybridized carbons (Fsp3) is 0.350. The lowest BCUT2D eigenvalue weighted by Gasteiger charge is -2.12. The third kappa shape index (κ3) is 4.44.